The predicted molar refractivity (Wildman–Crippen MR) is 132 cm³/mol. The molecule has 0 aliphatic rings. The molecule has 160 valence electrons. The van der Waals surface area contributed by atoms with Crippen LogP contribution >= 0.6 is 24.0 Å². The van der Waals surface area contributed by atoms with E-state index in [0.29, 0.717) is 19.0 Å². The first-order chi connectivity index (χ1) is 13.5. The third kappa shape index (κ3) is 8.55. The molecule has 2 aromatic rings. The summed E-state index contributed by atoms with van der Waals surface area (Å²) in [6.07, 6.45) is 5.57. The van der Waals surface area contributed by atoms with Gasteiger partial charge in [0.15, 0.2) is 5.96 Å². The van der Waals surface area contributed by atoms with Gasteiger partial charge in [-0.3, -0.25) is 4.99 Å². The molecule has 7 heteroatoms. The molecule has 2 rings (SSSR count). The smallest absolute Gasteiger partial charge is 0.192 e. The summed E-state index contributed by atoms with van der Waals surface area (Å²) in [7, 11) is 0. The summed E-state index contributed by atoms with van der Waals surface area (Å²) in [5.74, 6) is 2.44. The van der Waals surface area contributed by atoms with Crippen LogP contribution in [0.4, 0.5) is 0 Å². The van der Waals surface area contributed by atoms with Crippen LogP contribution in [-0.4, -0.2) is 33.8 Å². The fraction of sp³-hybridized carbons (Fsp3) is 0.500. The van der Waals surface area contributed by atoms with Crippen molar-refractivity contribution in [2.24, 2.45) is 10.9 Å². The average Bonchev–Trinajstić information content (AvgIpc) is 3.13. The number of aliphatic imine (C=N–C) groups is 1. The van der Waals surface area contributed by atoms with Crippen molar-refractivity contribution >= 4 is 29.9 Å². The first-order valence-corrected chi connectivity index (χ1v) is 10.1. The normalized spacial score (nSPS) is 12.4. The minimum Gasteiger partial charge on any atom is -0.353 e. The third-order valence-corrected chi connectivity index (χ3v) is 4.51. The molecule has 0 amide bonds. The van der Waals surface area contributed by atoms with Crippen LogP contribution in [-0.2, 0) is 19.4 Å². The van der Waals surface area contributed by atoms with Crippen molar-refractivity contribution in [3.8, 4) is 0 Å². The number of hydrogen-bond donors (Lipinski definition) is 2. The SMILES string of the molecule is C=CCNC(=NCCn1cnnc1CC)NC(C)c1ccc(CC(C)C)cc1.I. The number of nitrogens with zero attached hydrogens (tertiary/aromatic N) is 4. The Hall–Kier alpha value is -1.90. The molecule has 0 bridgehead atoms. The summed E-state index contributed by atoms with van der Waals surface area (Å²) in [5.41, 5.74) is 2.62. The van der Waals surface area contributed by atoms with E-state index in [9.17, 15) is 0 Å². The molecule has 6 nitrogen and oxygen atoms in total. The van der Waals surface area contributed by atoms with Crippen molar-refractivity contribution in [3.63, 3.8) is 0 Å². The lowest BCUT2D eigenvalue weighted by Crippen LogP contribution is -2.39. The van der Waals surface area contributed by atoms with Crippen LogP contribution in [0.15, 0.2) is 48.2 Å². The van der Waals surface area contributed by atoms with E-state index in [1.807, 2.05) is 10.6 Å². The van der Waals surface area contributed by atoms with Gasteiger partial charge in [0, 0.05) is 19.5 Å². The molecule has 0 aliphatic carbocycles. The maximum absolute atomic E-state index is 4.70. The number of halogens is 1. The van der Waals surface area contributed by atoms with Crippen molar-refractivity contribution in [2.75, 3.05) is 13.1 Å². The zero-order chi connectivity index (χ0) is 20.4. The number of rotatable bonds is 10. The Morgan fingerprint density at radius 3 is 2.59 bits per heavy atom. The molecule has 0 spiro atoms. The zero-order valence-corrected chi connectivity index (χ0v) is 20.4. The highest BCUT2D eigenvalue weighted by atomic mass is 127. The fourth-order valence-corrected chi connectivity index (χ4v) is 3.03. The molecule has 1 unspecified atom stereocenters. The van der Waals surface area contributed by atoms with Crippen LogP contribution in [0.3, 0.4) is 0 Å². The summed E-state index contributed by atoms with van der Waals surface area (Å²) in [6.45, 7) is 14.6. The van der Waals surface area contributed by atoms with E-state index in [1.54, 1.807) is 6.33 Å². The molecule has 0 saturated heterocycles. The Labute approximate surface area is 192 Å². The second-order valence-corrected chi connectivity index (χ2v) is 7.40. The van der Waals surface area contributed by atoms with Crippen molar-refractivity contribution in [1.29, 1.82) is 0 Å². The van der Waals surface area contributed by atoms with Crippen LogP contribution in [0.1, 0.15) is 50.7 Å². The standard InChI is InChI=1S/C22H34N6.HI/c1-6-12-23-22(24-13-14-28-16-25-27-21(28)7-2)26-18(5)20-10-8-19(9-11-20)15-17(3)4;/h6,8-11,16-18H,1,7,12-15H2,2-5H3,(H2,23,24,26);1H. The van der Waals surface area contributed by atoms with E-state index in [1.165, 1.54) is 11.1 Å². The Bertz CT molecular complexity index is 751. The van der Waals surface area contributed by atoms with Crippen molar-refractivity contribution < 1.29 is 0 Å². The molecule has 0 aliphatic heterocycles. The molecule has 1 atom stereocenters. The van der Waals surface area contributed by atoms with Crippen molar-refractivity contribution in [1.82, 2.24) is 25.4 Å². The first kappa shape index (κ1) is 25.1. The topological polar surface area (TPSA) is 67.1 Å². The van der Waals surface area contributed by atoms with E-state index >= 15 is 0 Å². The Kier molecular flexibility index (Phi) is 11.6. The average molecular weight is 510 g/mol. The maximum Gasteiger partial charge on any atom is 0.192 e. The van der Waals surface area contributed by atoms with E-state index in [-0.39, 0.29) is 30.0 Å². The zero-order valence-electron chi connectivity index (χ0n) is 18.1. The predicted octanol–water partition coefficient (Wildman–Crippen LogP) is 4.14. The van der Waals surface area contributed by atoms with Gasteiger partial charge in [-0.15, -0.1) is 40.8 Å². The number of guanidine groups is 1. The summed E-state index contributed by atoms with van der Waals surface area (Å²) in [5, 5.41) is 14.9. The maximum atomic E-state index is 4.70. The van der Waals surface area contributed by atoms with Gasteiger partial charge in [0.05, 0.1) is 12.6 Å². The highest BCUT2D eigenvalue weighted by molar-refractivity contribution is 14.0. The highest BCUT2D eigenvalue weighted by Crippen LogP contribution is 2.15. The van der Waals surface area contributed by atoms with Gasteiger partial charge in [-0.1, -0.05) is 51.1 Å². The largest absolute Gasteiger partial charge is 0.353 e. The van der Waals surface area contributed by atoms with Gasteiger partial charge < -0.3 is 15.2 Å². The molecule has 2 N–H and O–H groups in total. The lowest BCUT2D eigenvalue weighted by molar-refractivity contribution is 0.644. The highest BCUT2D eigenvalue weighted by Gasteiger charge is 2.09. The monoisotopic (exact) mass is 510 g/mol. The summed E-state index contributed by atoms with van der Waals surface area (Å²) < 4.78 is 2.05. The van der Waals surface area contributed by atoms with E-state index < -0.39 is 0 Å². The summed E-state index contributed by atoms with van der Waals surface area (Å²) >= 11 is 0. The Morgan fingerprint density at radius 1 is 1.24 bits per heavy atom. The minimum absolute atomic E-state index is 0. The van der Waals surface area contributed by atoms with Crippen LogP contribution < -0.4 is 10.6 Å². The van der Waals surface area contributed by atoms with Gasteiger partial charge in [-0.2, -0.15) is 0 Å². The van der Waals surface area contributed by atoms with Gasteiger partial charge in [0.25, 0.3) is 0 Å². The van der Waals surface area contributed by atoms with Gasteiger partial charge in [0.1, 0.15) is 12.2 Å². The quantitative estimate of drug-likeness (QED) is 0.218. The molecule has 0 fully saturated rings. The summed E-state index contributed by atoms with van der Waals surface area (Å²) in [4.78, 5) is 4.70. The molecule has 1 heterocycles. The number of benzene rings is 1. The number of aryl methyl sites for hydroxylation is 1. The molecular formula is C22H35IN6. The molecule has 1 aromatic carbocycles. The first-order valence-electron chi connectivity index (χ1n) is 10.1. The summed E-state index contributed by atoms with van der Waals surface area (Å²) in [6, 6.07) is 9.00. The van der Waals surface area contributed by atoms with E-state index in [2.05, 4.69) is 79.4 Å². The fourth-order valence-electron chi connectivity index (χ4n) is 3.03. The second-order valence-electron chi connectivity index (χ2n) is 7.40. The molecule has 29 heavy (non-hydrogen) atoms. The van der Waals surface area contributed by atoms with Crippen LogP contribution in [0, 0.1) is 5.92 Å². The van der Waals surface area contributed by atoms with Crippen LogP contribution in [0.25, 0.3) is 0 Å². The number of hydrogen-bond acceptors (Lipinski definition) is 3. The van der Waals surface area contributed by atoms with Gasteiger partial charge in [-0.25, -0.2) is 0 Å². The van der Waals surface area contributed by atoms with E-state index in [0.717, 1.165) is 31.2 Å². The molecule has 1 aromatic heterocycles. The Morgan fingerprint density at radius 2 is 1.97 bits per heavy atom. The number of nitrogens with one attached hydrogen (secondary N) is 2. The van der Waals surface area contributed by atoms with E-state index in [4.69, 9.17) is 4.99 Å². The van der Waals surface area contributed by atoms with Crippen molar-refractivity contribution in [3.05, 3.63) is 60.2 Å². The lowest BCUT2D eigenvalue weighted by Gasteiger charge is -2.19. The van der Waals surface area contributed by atoms with Gasteiger partial charge >= 0.3 is 0 Å². The Balaban J connectivity index is 0.00000420. The van der Waals surface area contributed by atoms with Crippen LogP contribution in [0.5, 0.6) is 0 Å². The lowest BCUT2D eigenvalue weighted by atomic mass is 10.00. The van der Waals surface area contributed by atoms with Gasteiger partial charge in [-0.05, 0) is 30.4 Å². The third-order valence-electron chi connectivity index (χ3n) is 4.51. The molecule has 0 radical (unpaired) electrons. The second kappa shape index (κ2) is 13.3. The molecular weight excluding hydrogens is 475 g/mol. The van der Waals surface area contributed by atoms with Gasteiger partial charge in [0.2, 0.25) is 0 Å². The van der Waals surface area contributed by atoms with Crippen LogP contribution in [0.2, 0.25) is 0 Å². The van der Waals surface area contributed by atoms with Crippen molar-refractivity contribution in [2.45, 2.75) is 53.1 Å². The number of aromatic nitrogens is 3. The molecule has 0 saturated carbocycles. The minimum atomic E-state index is 0.